The van der Waals surface area contributed by atoms with Gasteiger partial charge in [-0.05, 0) is 49.7 Å². The summed E-state index contributed by atoms with van der Waals surface area (Å²) in [4.78, 5) is 10.5. The lowest BCUT2D eigenvalue weighted by Gasteiger charge is -2.21. The van der Waals surface area contributed by atoms with Crippen molar-refractivity contribution in [2.75, 3.05) is 18.4 Å². The molecule has 0 atom stereocenters. The summed E-state index contributed by atoms with van der Waals surface area (Å²) in [6.07, 6.45) is 0. The minimum absolute atomic E-state index is 0.0676. The topological polar surface area (TPSA) is 67.2 Å². The van der Waals surface area contributed by atoms with Crippen LogP contribution in [0.4, 0.5) is 11.4 Å². The second-order valence-electron chi connectivity index (χ2n) is 5.48. The fraction of sp³-hybridized carbons (Fsp3) is 0.538. The number of hydrogen-bond acceptors (Lipinski definition) is 4. The number of nitro groups is 1. The summed E-state index contributed by atoms with van der Waals surface area (Å²) < 4.78 is 0.839. The summed E-state index contributed by atoms with van der Waals surface area (Å²) in [5, 5.41) is 17.4. The molecule has 2 N–H and O–H groups in total. The van der Waals surface area contributed by atoms with Crippen LogP contribution in [0.15, 0.2) is 16.6 Å². The van der Waals surface area contributed by atoms with Gasteiger partial charge in [0.05, 0.1) is 10.6 Å². The quantitative estimate of drug-likeness (QED) is 0.493. The van der Waals surface area contributed by atoms with Crippen LogP contribution in [0.25, 0.3) is 0 Å². The minimum Gasteiger partial charge on any atom is -0.383 e. The Kier molecular flexibility index (Phi) is 5.31. The van der Waals surface area contributed by atoms with Gasteiger partial charge in [-0.2, -0.15) is 0 Å². The van der Waals surface area contributed by atoms with Gasteiger partial charge in [-0.15, -0.1) is 0 Å². The van der Waals surface area contributed by atoms with Crippen LogP contribution >= 0.6 is 15.9 Å². The molecule has 1 aromatic rings. The van der Waals surface area contributed by atoms with Gasteiger partial charge in [-0.3, -0.25) is 10.1 Å². The van der Waals surface area contributed by atoms with Gasteiger partial charge >= 0.3 is 0 Å². The maximum atomic E-state index is 10.9. The van der Waals surface area contributed by atoms with Crippen molar-refractivity contribution in [1.29, 1.82) is 0 Å². The molecule has 0 heterocycles. The van der Waals surface area contributed by atoms with Gasteiger partial charge in [0.1, 0.15) is 0 Å². The molecule has 0 aliphatic rings. The molecule has 5 nitrogen and oxygen atoms in total. The van der Waals surface area contributed by atoms with Crippen LogP contribution in [-0.4, -0.2) is 23.6 Å². The standard InChI is InChI=1S/C13H20BrN3O2/c1-9-7-10(14)11(8-12(9)17(18)19)15-5-6-16-13(2,3)4/h7-8,15-16H,5-6H2,1-4H3. The van der Waals surface area contributed by atoms with Crippen LogP contribution in [-0.2, 0) is 0 Å². The lowest BCUT2D eigenvalue weighted by molar-refractivity contribution is -0.385. The molecule has 0 amide bonds. The molecule has 0 fully saturated rings. The van der Waals surface area contributed by atoms with Crippen molar-refractivity contribution in [3.05, 3.63) is 32.3 Å². The van der Waals surface area contributed by atoms with Gasteiger partial charge in [0.2, 0.25) is 0 Å². The van der Waals surface area contributed by atoms with Gasteiger partial charge in [0.25, 0.3) is 5.69 Å². The van der Waals surface area contributed by atoms with E-state index in [4.69, 9.17) is 0 Å². The van der Waals surface area contributed by atoms with Gasteiger partial charge < -0.3 is 10.6 Å². The first-order chi connectivity index (χ1) is 8.70. The lowest BCUT2D eigenvalue weighted by Crippen LogP contribution is -2.38. The number of rotatable bonds is 5. The summed E-state index contributed by atoms with van der Waals surface area (Å²) in [7, 11) is 0. The van der Waals surface area contributed by atoms with Crippen molar-refractivity contribution >= 4 is 27.3 Å². The molecule has 0 radical (unpaired) electrons. The minimum atomic E-state index is -0.361. The number of aryl methyl sites for hydroxylation is 1. The molecule has 19 heavy (non-hydrogen) atoms. The van der Waals surface area contributed by atoms with E-state index in [0.29, 0.717) is 12.1 Å². The number of halogens is 1. The smallest absolute Gasteiger partial charge is 0.274 e. The molecule has 0 aliphatic heterocycles. The average molecular weight is 330 g/mol. The van der Waals surface area contributed by atoms with E-state index in [-0.39, 0.29) is 16.1 Å². The molecule has 6 heteroatoms. The van der Waals surface area contributed by atoms with Crippen LogP contribution in [0.1, 0.15) is 26.3 Å². The van der Waals surface area contributed by atoms with E-state index in [1.54, 1.807) is 19.1 Å². The van der Waals surface area contributed by atoms with Gasteiger partial charge in [-0.25, -0.2) is 0 Å². The zero-order valence-electron chi connectivity index (χ0n) is 11.7. The molecule has 0 bridgehead atoms. The second kappa shape index (κ2) is 6.34. The monoisotopic (exact) mass is 329 g/mol. The third kappa shape index (κ3) is 5.16. The number of nitro benzene ring substituents is 1. The molecule has 0 saturated heterocycles. The Labute approximate surface area is 122 Å². The molecular formula is C13H20BrN3O2. The predicted octanol–water partition coefficient (Wildman–Crippen LogP) is 3.47. The summed E-state index contributed by atoms with van der Waals surface area (Å²) in [6, 6.07) is 3.33. The van der Waals surface area contributed by atoms with Crippen LogP contribution in [0, 0.1) is 17.0 Å². The average Bonchev–Trinajstić information content (AvgIpc) is 2.24. The van der Waals surface area contributed by atoms with E-state index in [2.05, 4.69) is 47.3 Å². The number of nitrogens with zero attached hydrogens (tertiary/aromatic N) is 1. The molecule has 1 aromatic carbocycles. The van der Waals surface area contributed by atoms with Gasteiger partial charge in [-0.1, -0.05) is 0 Å². The molecule has 0 aliphatic carbocycles. The van der Waals surface area contributed by atoms with E-state index < -0.39 is 0 Å². The number of hydrogen-bond donors (Lipinski definition) is 2. The maximum Gasteiger partial charge on any atom is 0.274 e. The highest BCUT2D eigenvalue weighted by Gasteiger charge is 2.14. The molecule has 1 rings (SSSR count). The second-order valence-corrected chi connectivity index (χ2v) is 6.33. The first-order valence-corrected chi connectivity index (χ1v) is 6.93. The Hall–Kier alpha value is -1.14. The third-order valence-corrected chi connectivity index (χ3v) is 3.23. The zero-order chi connectivity index (χ0) is 14.6. The Bertz CT molecular complexity index is 470. The van der Waals surface area contributed by atoms with Crippen molar-refractivity contribution in [2.24, 2.45) is 0 Å². The predicted molar refractivity (Wildman–Crippen MR) is 81.8 cm³/mol. The van der Waals surface area contributed by atoms with Crippen molar-refractivity contribution < 1.29 is 4.92 Å². The Morgan fingerprint density at radius 2 is 1.95 bits per heavy atom. The molecule has 0 unspecified atom stereocenters. The lowest BCUT2D eigenvalue weighted by atomic mass is 10.1. The van der Waals surface area contributed by atoms with Crippen LogP contribution in [0.3, 0.4) is 0 Å². The van der Waals surface area contributed by atoms with E-state index >= 15 is 0 Å². The summed E-state index contributed by atoms with van der Waals surface area (Å²) in [6.45, 7) is 9.51. The zero-order valence-corrected chi connectivity index (χ0v) is 13.3. The molecule has 0 saturated carbocycles. The van der Waals surface area contributed by atoms with E-state index in [0.717, 1.165) is 16.7 Å². The highest BCUT2D eigenvalue weighted by molar-refractivity contribution is 9.10. The van der Waals surface area contributed by atoms with Crippen molar-refractivity contribution in [3.63, 3.8) is 0 Å². The Balaban J connectivity index is 2.68. The number of nitrogens with one attached hydrogen (secondary N) is 2. The van der Waals surface area contributed by atoms with Crippen LogP contribution in [0.5, 0.6) is 0 Å². The summed E-state index contributed by atoms with van der Waals surface area (Å²) in [5.41, 5.74) is 1.59. The van der Waals surface area contributed by atoms with Gasteiger partial charge in [0, 0.05) is 34.7 Å². The number of anilines is 1. The fourth-order valence-corrected chi connectivity index (χ4v) is 2.23. The first-order valence-electron chi connectivity index (χ1n) is 6.14. The van der Waals surface area contributed by atoms with Crippen molar-refractivity contribution in [3.8, 4) is 0 Å². The van der Waals surface area contributed by atoms with Crippen LogP contribution < -0.4 is 10.6 Å². The van der Waals surface area contributed by atoms with E-state index in [1.165, 1.54) is 0 Å². The third-order valence-electron chi connectivity index (χ3n) is 2.58. The first kappa shape index (κ1) is 15.9. The van der Waals surface area contributed by atoms with Crippen molar-refractivity contribution in [1.82, 2.24) is 5.32 Å². The summed E-state index contributed by atoms with van der Waals surface area (Å²) in [5.74, 6) is 0. The number of benzene rings is 1. The van der Waals surface area contributed by atoms with E-state index in [1.807, 2.05) is 0 Å². The molecule has 106 valence electrons. The Morgan fingerprint density at radius 3 is 2.47 bits per heavy atom. The SMILES string of the molecule is Cc1cc(Br)c(NCCNC(C)(C)C)cc1[N+](=O)[O-]. The van der Waals surface area contributed by atoms with Gasteiger partial charge in [0.15, 0.2) is 0 Å². The van der Waals surface area contributed by atoms with Crippen LogP contribution in [0.2, 0.25) is 0 Å². The Morgan fingerprint density at radius 1 is 1.32 bits per heavy atom. The maximum absolute atomic E-state index is 10.9. The molecular weight excluding hydrogens is 310 g/mol. The summed E-state index contributed by atoms with van der Waals surface area (Å²) >= 11 is 3.42. The van der Waals surface area contributed by atoms with Crippen molar-refractivity contribution in [2.45, 2.75) is 33.2 Å². The normalized spacial score (nSPS) is 11.4. The van der Waals surface area contributed by atoms with E-state index in [9.17, 15) is 10.1 Å². The molecule has 0 aromatic heterocycles. The molecule has 0 spiro atoms. The highest BCUT2D eigenvalue weighted by atomic mass is 79.9. The largest absolute Gasteiger partial charge is 0.383 e. The highest BCUT2D eigenvalue weighted by Crippen LogP contribution is 2.30. The fourth-order valence-electron chi connectivity index (χ4n) is 1.63.